The molecular formula is C28H28Cl2FN3O6S. The molecule has 4 aliphatic rings. The third kappa shape index (κ3) is 5.29. The molecule has 2 aromatic carbocycles. The molecule has 0 aromatic heterocycles. The van der Waals surface area contributed by atoms with Crippen LogP contribution in [-0.2, 0) is 19.7 Å². The molecular weight excluding hydrogens is 596 g/mol. The van der Waals surface area contributed by atoms with E-state index >= 15 is 4.39 Å². The van der Waals surface area contributed by atoms with Gasteiger partial charge in [-0.3, -0.25) is 4.79 Å². The Morgan fingerprint density at radius 1 is 1.02 bits per heavy atom. The highest BCUT2D eigenvalue weighted by Crippen LogP contribution is 2.53. The van der Waals surface area contributed by atoms with Crippen molar-refractivity contribution in [2.75, 3.05) is 11.2 Å². The summed E-state index contributed by atoms with van der Waals surface area (Å²) in [6.07, 6.45) is 5.32. The van der Waals surface area contributed by atoms with Crippen molar-refractivity contribution in [3.8, 4) is 0 Å². The minimum atomic E-state index is -3.79. The first-order valence-electron chi connectivity index (χ1n) is 13.4. The molecule has 41 heavy (non-hydrogen) atoms. The van der Waals surface area contributed by atoms with Gasteiger partial charge in [0.2, 0.25) is 10.0 Å². The monoisotopic (exact) mass is 623 g/mol. The van der Waals surface area contributed by atoms with Gasteiger partial charge in [0.15, 0.2) is 0 Å². The predicted molar refractivity (Wildman–Crippen MR) is 151 cm³/mol. The van der Waals surface area contributed by atoms with Crippen LogP contribution in [0.25, 0.3) is 0 Å². The van der Waals surface area contributed by atoms with E-state index in [0.717, 1.165) is 38.0 Å². The molecule has 3 heterocycles. The summed E-state index contributed by atoms with van der Waals surface area (Å²) in [6.45, 7) is 0. The number of fused-ring (bicyclic) bond motifs is 2. The summed E-state index contributed by atoms with van der Waals surface area (Å²) in [5.74, 6) is -2.09. The molecule has 13 heteroatoms. The number of aliphatic carboxylic acids is 1. The number of carboxylic acid groups (broad SMARTS) is 1. The van der Waals surface area contributed by atoms with Gasteiger partial charge in [-0.2, -0.15) is 0 Å². The summed E-state index contributed by atoms with van der Waals surface area (Å²) >= 11 is 13.2. The number of hydroxylamine groups is 2. The summed E-state index contributed by atoms with van der Waals surface area (Å²) < 4.78 is 40.0. The van der Waals surface area contributed by atoms with E-state index in [4.69, 9.17) is 28.0 Å². The van der Waals surface area contributed by atoms with E-state index in [2.05, 4.69) is 0 Å². The van der Waals surface area contributed by atoms with Gasteiger partial charge in [0, 0.05) is 39.2 Å². The first-order chi connectivity index (χ1) is 19.4. The first kappa shape index (κ1) is 28.3. The lowest BCUT2D eigenvalue weighted by Crippen LogP contribution is -2.51. The second kappa shape index (κ2) is 10.4. The van der Waals surface area contributed by atoms with Crippen LogP contribution in [0.2, 0.25) is 10.0 Å². The number of nitrogens with zero attached hydrogens (tertiary/aromatic N) is 2. The van der Waals surface area contributed by atoms with Gasteiger partial charge in [-0.25, -0.2) is 22.3 Å². The molecule has 2 bridgehead atoms. The Hall–Kier alpha value is -2.86. The number of hydrogen-bond donors (Lipinski definition) is 2. The maximum atomic E-state index is 15.4. The first-order valence-corrected chi connectivity index (χ1v) is 16.0. The van der Waals surface area contributed by atoms with Crippen LogP contribution in [0.1, 0.15) is 60.5 Å². The fourth-order valence-electron chi connectivity index (χ4n) is 6.50. The van der Waals surface area contributed by atoms with Gasteiger partial charge in [0.05, 0.1) is 18.0 Å². The minimum Gasteiger partial charge on any atom is -0.478 e. The second-order valence-electron chi connectivity index (χ2n) is 11.1. The Balaban J connectivity index is 1.29. The fourth-order valence-corrected chi connectivity index (χ4v) is 7.56. The zero-order chi connectivity index (χ0) is 29.2. The highest BCUT2D eigenvalue weighted by molar-refractivity contribution is 7.89. The number of anilines is 1. The van der Waals surface area contributed by atoms with E-state index in [9.17, 15) is 23.1 Å². The van der Waals surface area contributed by atoms with E-state index < -0.39 is 33.8 Å². The van der Waals surface area contributed by atoms with Crippen molar-refractivity contribution in [3.05, 3.63) is 74.7 Å². The number of amides is 1. The highest BCUT2D eigenvalue weighted by Gasteiger charge is 2.52. The van der Waals surface area contributed by atoms with Crippen molar-refractivity contribution >= 4 is 50.8 Å². The van der Waals surface area contributed by atoms with Gasteiger partial charge in [-0.15, -0.1) is 5.06 Å². The Morgan fingerprint density at radius 2 is 1.66 bits per heavy atom. The minimum absolute atomic E-state index is 0.0409. The summed E-state index contributed by atoms with van der Waals surface area (Å²) in [4.78, 5) is 33.2. The Bertz CT molecular complexity index is 1550. The van der Waals surface area contributed by atoms with E-state index in [1.54, 1.807) is 23.3 Å². The number of sulfonamides is 1. The molecule has 3 fully saturated rings. The molecule has 4 atom stereocenters. The maximum absolute atomic E-state index is 15.4. The molecule has 2 aromatic rings. The van der Waals surface area contributed by atoms with Crippen LogP contribution in [0, 0.1) is 11.7 Å². The van der Waals surface area contributed by atoms with Crippen LogP contribution in [0.15, 0.2) is 47.7 Å². The van der Waals surface area contributed by atoms with Crippen LogP contribution in [0.5, 0.6) is 0 Å². The molecule has 0 spiro atoms. The molecule has 3 aliphatic heterocycles. The molecule has 9 nitrogen and oxygen atoms in total. The number of nitrogens with one attached hydrogen (secondary N) is 1. The summed E-state index contributed by atoms with van der Waals surface area (Å²) in [6, 6.07) is 7.95. The number of halogens is 3. The molecule has 1 amide bonds. The third-order valence-corrected chi connectivity index (χ3v) is 9.50. The lowest BCUT2D eigenvalue weighted by Gasteiger charge is -2.44. The Morgan fingerprint density at radius 3 is 2.20 bits per heavy atom. The number of rotatable bonds is 7. The van der Waals surface area contributed by atoms with Crippen LogP contribution >= 0.6 is 23.2 Å². The highest BCUT2D eigenvalue weighted by atomic mass is 35.5. The van der Waals surface area contributed by atoms with Crippen molar-refractivity contribution in [2.45, 2.75) is 62.7 Å². The zero-order valence-corrected chi connectivity index (χ0v) is 24.3. The zero-order valence-electron chi connectivity index (χ0n) is 22.0. The number of piperidine rings is 1. The molecule has 6 rings (SSSR count). The van der Waals surface area contributed by atoms with Crippen molar-refractivity contribution < 1.29 is 32.3 Å². The number of carboxylic acids is 1. The Labute approximate surface area is 246 Å². The quantitative estimate of drug-likeness (QED) is 0.440. The van der Waals surface area contributed by atoms with Crippen LogP contribution in [0.4, 0.5) is 10.1 Å². The SMILES string of the molecule is CS(=O)(=O)NC(=O)c1ccc(N2[C@@H]3CC[C@H]2CC(N2OC(C4CC4)=C(C(=O)O)[C@@H]2c2c(Cl)cccc2Cl)C3)c(F)c1. The standard InChI is InChI=1S/C28H28Cl2FN3O6S/c1-41(38,39)32-27(35)15-7-10-22(21(31)11-15)33-16-8-9-17(33)13-18(12-16)34-25(23-19(29)3-2-4-20(23)30)24(28(36)37)26(40-34)14-5-6-14/h2-4,7,10-11,14,16-18,25H,5-6,8-9,12-13H2,1H3,(H,32,35)(H,36,37)/t16-,17+,18?,25-/m0/s1. The van der Waals surface area contributed by atoms with Gasteiger partial charge in [-0.1, -0.05) is 29.3 Å². The topological polar surface area (TPSA) is 116 Å². The predicted octanol–water partition coefficient (Wildman–Crippen LogP) is 5.06. The molecule has 218 valence electrons. The van der Waals surface area contributed by atoms with Crippen LogP contribution in [0.3, 0.4) is 0 Å². The lowest BCUT2D eigenvalue weighted by atomic mass is 9.91. The Kier molecular flexibility index (Phi) is 7.20. The third-order valence-electron chi connectivity index (χ3n) is 8.28. The van der Waals surface area contributed by atoms with Crippen LogP contribution < -0.4 is 9.62 Å². The molecule has 1 unspecified atom stereocenters. The number of allylic oxidation sites excluding steroid dienone is 1. The molecule has 1 aliphatic carbocycles. The second-order valence-corrected chi connectivity index (χ2v) is 13.7. The molecule has 2 saturated heterocycles. The fraction of sp³-hybridized carbons (Fsp3) is 0.429. The molecule has 1 saturated carbocycles. The maximum Gasteiger partial charge on any atom is 0.337 e. The summed E-state index contributed by atoms with van der Waals surface area (Å²) in [7, 11) is -3.79. The normalized spacial score (nSPS) is 26.3. The average molecular weight is 625 g/mol. The van der Waals surface area contributed by atoms with Gasteiger partial charge < -0.3 is 14.8 Å². The van der Waals surface area contributed by atoms with Crippen LogP contribution in [-0.4, -0.2) is 54.8 Å². The summed E-state index contributed by atoms with van der Waals surface area (Å²) in [5, 5.41) is 12.8. The largest absolute Gasteiger partial charge is 0.478 e. The number of carbonyl (C=O) groups excluding carboxylic acids is 1. The number of benzene rings is 2. The van der Waals surface area contributed by atoms with E-state index in [1.165, 1.54) is 12.1 Å². The molecule has 0 radical (unpaired) electrons. The summed E-state index contributed by atoms with van der Waals surface area (Å²) in [5.41, 5.74) is 0.894. The van der Waals surface area contributed by atoms with E-state index in [1.807, 2.05) is 9.62 Å². The average Bonchev–Trinajstić information content (AvgIpc) is 3.61. The van der Waals surface area contributed by atoms with Gasteiger partial charge in [0.25, 0.3) is 5.91 Å². The smallest absolute Gasteiger partial charge is 0.337 e. The van der Waals surface area contributed by atoms with Gasteiger partial charge in [0.1, 0.15) is 23.2 Å². The van der Waals surface area contributed by atoms with Crippen molar-refractivity contribution in [1.82, 2.24) is 9.79 Å². The number of hydrogen-bond acceptors (Lipinski definition) is 7. The van der Waals surface area contributed by atoms with Crippen molar-refractivity contribution in [1.29, 1.82) is 0 Å². The molecule has 2 N–H and O–H groups in total. The van der Waals surface area contributed by atoms with Gasteiger partial charge in [-0.05, 0) is 68.9 Å². The van der Waals surface area contributed by atoms with Crippen molar-refractivity contribution in [2.24, 2.45) is 5.92 Å². The van der Waals surface area contributed by atoms with Gasteiger partial charge >= 0.3 is 5.97 Å². The van der Waals surface area contributed by atoms with Crippen molar-refractivity contribution in [3.63, 3.8) is 0 Å². The lowest BCUT2D eigenvalue weighted by molar-refractivity contribution is -0.163. The van der Waals surface area contributed by atoms with E-state index in [-0.39, 0.29) is 35.2 Å². The number of carbonyl (C=O) groups is 2. The van der Waals surface area contributed by atoms with E-state index in [0.29, 0.717) is 39.9 Å².